The van der Waals surface area contributed by atoms with E-state index in [-0.39, 0.29) is 17.1 Å². The van der Waals surface area contributed by atoms with Gasteiger partial charge in [-0.3, -0.25) is 14.9 Å². The first kappa shape index (κ1) is 17.0. The van der Waals surface area contributed by atoms with Crippen LogP contribution in [0.3, 0.4) is 0 Å². The Morgan fingerprint density at radius 2 is 1.88 bits per heavy atom. The largest absolute Gasteiger partial charge is 0.274 e. The van der Waals surface area contributed by atoms with Crippen molar-refractivity contribution in [3.63, 3.8) is 0 Å². The SMILES string of the molecule is O=C(N/N=C\c1ccc(F)cc1)c1cnn(-c2ccc([N+](=O)[O-])cc2)c1. The van der Waals surface area contributed by atoms with Gasteiger partial charge in [-0.1, -0.05) is 12.1 Å². The molecule has 8 nitrogen and oxygen atoms in total. The number of non-ortho nitro benzene ring substituents is 1. The summed E-state index contributed by atoms with van der Waals surface area (Å²) < 4.78 is 14.2. The second-order valence-corrected chi connectivity index (χ2v) is 5.20. The number of nitro benzene ring substituents is 1. The maximum atomic E-state index is 12.8. The number of benzene rings is 2. The fraction of sp³-hybridized carbons (Fsp3) is 0. The van der Waals surface area contributed by atoms with E-state index in [0.29, 0.717) is 11.3 Å². The summed E-state index contributed by atoms with van der Waals surface area (Å²) in [4.78, 5) is 22.2. The van der Waals surface area contributed by atoms with Gasteiger partial charge < -0.3 is 0 Å². The van der Waals surface area contributed by atoms with E-state index in [9.17, 15) is 19.3 Å². The zero-order valence-corrected chi connectivity index (χ0v) is 13.2. The second-order valence-electron chi connectivity index (χ2n) is 5.20. The fourth-order valence-corrected chi connectivity index (χ4v) is 2.09. The fourth-order valence-electron chi connectivity index (χ4n) is 2.09. The maximum absolute atomic E-state index is 12.8. The Kier molecular flexibility index (Phi) is 4.79. The first-order chi connectivity index (χ1) is 12.5. The molecule has 0 unspecified atom stereocenters. The van der Waals surface area contributed by atoms with Crippen molar-refractivity contribution < 1.29 is 14.1 Å². The molecular weight excluding hydrogens is 341 g/mol. The molecule has 3 aromatic rings. The average Bonchev–Trinajstić information content (AvgIpc) is 3.13. The number of nitrogens with zero attached hydrogens (tertiary/aromatic N) is 4. The summed E-state index contributed by atoms with van der Waals surface area (Å²) in [5.74, 6) is -0.832. The van der Waals surface area contributed by atoms with Gasteiger partial charge in [-0.25, -0.2) is 14.5 Å². The molecule has 0 aliphatic rings. The summed E-state index contributed by atoms with van der Waals surface area (Å²) in [6, 6.07) is 11.4. The third-order valence-corrected chi connectivity index (χ3v) is 3.42. The molecule has 2 aromatic carbocycles. The van der Waals surface area contributed by atoms with Gasteiger partial charge >= 0.3 is 0 Å². The highest BCUT2D eigenvalue weighted by molar-refractivity contribution is 5.94. The standard InChI is InChI=1S/C17H12FN5O3/c18-14-3-1-12(2-4-14)9-19-21-17(24)13-10-20-22(11-13)15-5-7-16(8-6-15)23(25)26/h1-11H,(H,21,24)/b19-9-. The van der Waals surface area contributed by atoms with E-state index in [0.717, 1.165) is 0 Å². The minimum absolute atomic E-state index is 0.0333. The quantitative estimate of drug-likeness (QED) is 0.433. The molecule has 130 valence electrons. The van der Waals surface area contributed by atoms with Crippen molar-refractivity contribution in [1.29, 1.82) is 0 Å². The Labute approximate surface area is 146 Å². The Morgan fingerprint density at radius 3 is 2.54 bits per heavy atom. The van der Waals surface area contributed by atoms with Crippen LogP contribution in [0.15, 0.2) is 66.0 Å². The number of carbonyl (C=O) groups is 1. The van der Waals surface area contributed by atoms with E-state index in [4.69, 9.17) is 0 Å². The normalized spacial score (nSPS) is 10.8. The van der Waals surface area contributed by atoms with Gasteiger partial charge in [0.2, 0.25) is 0 Å². The molecule has 1 N–H and O–H groups in total. The topological polar surface area (TPSA) is 102 Å². The van der Waals surface area contributed by atoms with E-state index in [1.165, 1.54) is 71.8 Å². The number of hydrogen-bond acceptors (Lipinski definition) is 5. The Hall–Kier alpha value is -3.88. The zero-order valence-electron chi connectivity index (χ0n) is 13.2. The molecule has 0 atom stereocenters. The van der Waals surface area contributed by atoms with E-state index in [2.05, 4.69) is 15.6 Å². The molecule has 0 radical (unpaired) electrons. The monoisotopic (exact) mass is 353 g/mol. The molecule has 26 heavy (non-hydrogen) atoms. The third-order valence-electron chi connectivity index (χ3n) is 3.42. The molecule has 3 rings (SSSR count). The summed E-state index contributed by atoms with van der Waals surface area (Å²) in [5, 5.41) is 18.5. The minimum Gasteiger partial charge on any atom is -0.267 e. The molecule has 0 saturated carbocycles. The first-order valence-electron chi connectivity index (χ1n) is 7.41. The number of amides is 1. The van der Waals surface area contributed by atoms with Crippen LogP contribution in [-0.2, 0) is 0 Å². The predicted octanol–water partition coefficient (Wildman–Crippen LogP) is 2.68. The summed E-state index contributed by atoms with van der Waals surface area (Å²) in [6.45, 7) is 0. The lowest BCUT2D eigenvalue weighted by molar-refractivity contribution is -0.384. The lowest BCUT2D eigenvalue weighted by Gasteiger charge is -2.00. The van der Waals surface area contributed by atoms with Crippen molar-refractivity contribution in [1.82, 2.24) is 15.2 Å². The lowest BCUT2D eigenvalue weighted by atomic mass is 10.2. The molecule has 9 heteroatoms. The Morgan fingerprint density at radius 1 is 1.19 bits per heavy atom. The van der Waals surface area contributed by atoms with E-state index in [1.807, 2.05) is 0 Å². The van der Waals surface area contributed by atoms with Crippen LogP contribution in [0.4, 0.5) is 10.1 Å². The van der Waals surface area contributed by atoms with Crippen LogP contribution in [0.25, 0.3) is 5.69 Å². The van der Waals surface area contributed by atoms with Crippen LogP contribution >= 0.6 is 0 Å². The van der Waals surface area contributed by atoms with Crippen molar-refractivity contribution in [3.8, 4) is 5.69 Å². The van der Waals surface area contributed by atoms with Crippen molar-refractivity contribution >= 4 is 17.8 Å². The Balaban J connectivity index is 1.65. The molecular formula is C17H12FN5O3. The van der Waals surface area contributed by atoms with Crippen LogP contribution in [0.5, 0.6) is 0 Å². The lowest BCUT2D eigenvalue weighted by Crippen LogP contribution is -2.16. The van der Waals surface area contributed by atoms with Crippen molar-refractivity contribution in [2.75, 3.05) is 0 Å². The van der Waals surface area contributed by atoms with Crippen LogP contribution in [0, 0.1) is 15.9 Å². The van der Waals surface area contributed by atoms with Gasteiger partial charge in [0.1, 0.15) is 5.82 Å². The van der Waals surface area contributed by atoms with Crippen molar-refractivity contribution in [3.05, 3.63) is 88.0 Å². The molecule has 0 fully saturated rings. The number of nitrogens with one attached hydrogen (secondary N) is 1. The first-order valence-corrected chi connectivity index (χ1v) is 7.41. The number of rotatable bonds is 5. The number of nitro groups is 1. The second kappa shape index (κ2) is 7.34. The zero-order chi connectivity index (χ0) is 18.5. The molecule has 0 aliphatic carbocycles. The minimum atomic E-state index is -0.495. The summed E-state index contributed by atoms with van der Waals surface area (Å²) in [5.41, 5.74) is 3.78. The number of hydrazone groups is 1. The molecule has 1 heterocycles. The van der Waals surface area contributed by atoms with Crippen LogP contribution in [0.2, 0.25) is 0 Å². The number of halogens is 1. The molecule has 1 aromatic heterocycles. The summed E-state index contributed by atoms with van der Waals surface area (Å²) >= 11 is 0. The molecule has 1 amide bonds. The van der Waals surface area contributed by atoms with Gasteiger partial charge in [-0.15, -0.1) is 0 Å². The number of aromatic nitrogens is 2. The van der Waals surface area contributed by atoms with Crippen LogP contribution in [0.1, 0.15) is 15.9 Å². The van der Waals surface area contributed by atoms with Crippen molar-refractivity contribution in [2.45, 2.75) is 0 Å². The summed E-state index contributed by atoms with van der Waals surface area (Å²) in [7, 11) is 0. The van der Waals surface area contributed by atoms with Gasteiger partial charge in [-0.2, -0.15) is 10.2 Å². The van der Waals surface area contributed by atoms with E-state index >= 15 is 0 Å². The van der Waals surface area contributed by atoms with Gasteiger partial charge in [-0.05, 0) is 29.8 Å². The molecule has 0 aliphatic heterocycles. The summed E-state index contributed by atoms with van der Waals surface area (Å²) in [6.07, 6.45) is 4.21. The Bertz CT molecular complexity index is 965. The number of hydrogen-bond donors (Lipinski definition) is 1. The highest BCUT2D eigenvalue weighted by Crippen LogP contribution is 2.15. The smallest absolute Gasteiger partial charge is 0.267 e. The van der Waals surface area contributed by atoms with Gasteiger partial charge in [0.15, 0.2) is 0 Å². The molecule has 0 bridgehead atoms. The van der Waals surface area contributed by atoms with Crippen LogP contribution < -0.4 is 5.43 Å². The molecule has 0 saturated heterocycles. The predicted molar refractivity (Wildman–Crippen MR) is 91.7 cm³/mol. The van der Waals surface area contributed by atoms with E-state index in [1.54, 1.807) is 0 Å². The van der Waals surface area contributed by atoms with Gasteiger partial charge in [0.05, 0.1) is 28.6 Å². The molecule has 0 spiro atoms. The highest BCUT2D eigenvalue weighted by Gasteiger charge is 2.10. The van der Waals surface area contributed by atoms with Gasteiger partial charge in [0.25, 0.3) is 11.6 Å². The maximum Gasteiger partial charge on any atom is 0.274 e. The number of carbonyl (C=O) groups excluding carboxylic acids is 1. The highest BCUT2D eigenvalue weighted by atomic mass is 19.1. The van der Waals surface area contributed by atoms with Gasteiger partial charge in [0, 0.05) is 18.3 Å². The van der Waals surface area contributed by atoms with E-state index < -0.39 is 10.8 Å². The van der Waals surface area contributed by atoms with Crippen molar-refractivity contribution in [2.24, 2.45) is 5.10 Å². The van der Waals surface area contributed by atoms with Crippen LogP contribution in [-0.4, -0.2) is 26.8 Å². The third kappa shape index (κ3) is 3.96. The average molecular weight is 353 g/mol.